The second kappa shape index (κ2) is 9.08. The SMILES string of the molecule is CN(C)c1ccc(CNC(=O)C2(c3ccc(NS(C)(=O)=O)cc3)CCCCC2)cc1. The van der Waals surface area contributed by atoms with Crippen LogP contribution in [-0.2, 0) is 26.8 Å². The Morgan fingerprint density at radius 2 is 1.57 bits per heavy atom. The van der Waals surface area contributed by atoms with Gasteiger partial charge in [-0.15, -0.1) is 0 Å². The van der Waals surface area contributed by atoms with Gasteiger partial charge in [-0.2, -0.15) is 0 Å². The van der Waals surface area contributed by atoms with Gasteiger partial charge < -0.3 is 10.2 Å². The molecular weight excluding hydrogens is 398 g/mol. The van der Waals surface area contributed by atoms with E-state index in [-0.39, 0.29) is 5.91 Å². The maximum atomic E-state index is 13.4. The van der Waals surface area contributed by atoms with E-state index < -0.39 is 15.4 Å². The van der Waals surface area contributed by atoms with Crippen molar-refractivity contribution in [2.75, 3.05) is 30.0 Å². The summed E-state index contributed by atoms with van der Waals surface area (Å²) in [5.74, 6) is 0.0442. The lowest BCUT2D eigenvalue weighted by Crippen LogP contribution is -2.45. The largest absolute Gasteiger partial charge is 0.378 e. The van der Waals surface area contributed by atoms with Crippen LogP contribution in [0.4, 0.5) is 11.4 Å². The lowest BCUT2D eigenvalue weighted by molar-refractivity contribution is -0.128. The molecule has 0 bridgehead atoms. The predicted octanol–water partition coefficient (Wildman–Crippen LogP) is 3.64. The second-order valence-electron chi connectivity index (χ2n) is 8.34. The van der Waals surface area contributed by atoms with Gasteiger partial charge in [0.05, 0.1) is 11.7 Å². The third kappa shape index (κ3) is 5.33. The Hall–Kier alpha value is -2.54. The van der Waals surface area contributed by atoms with Crippen molar-refractivity contribution in [3.8, 4) is 0 Å². The van der Waals surface area contributed by atoms with E-state index in [0.29, 0.717) is 12.2 Å². The monoisotopic (exact) mass is 429 g/mol. The first kappa shape index (κ1) is 22.2. The smallest absolute Gasteiger partial charge is 0.230 e. The van der Waals surface area contributed by atoms with E-state index in [2.05, 4.69) is 10.0 Å². The summed E-state index contributed by atoms with van der Waals surface area (Å²) >= 11 is 0. The molecule has 0 saturated heterocycles. The Morgan fingerprint density at radius 1 is 0.967 bits per heavy atom. The average Bonchev–Trinajstić information content (AvgIpc) is 2.72. The molecule has 0 spiro atoms. The van der Waals surface area contributed by atoms with Crippen LogP contribution in [-0.4, -0.2) is 34.7 Å². The number of rotatable bonds is 7. The van der Waals surface area contributed by atoms with E-state index in [4.69, 9.17) is 0 Å². The van der Waals surface area contributed by atoms with Crippen LogP contribution in [0.15, 0.2) is 48.5 Å². The highest BCUT2D eigenvalue weighted by molar-refractivity contribution is 7.92. The second-order valence-corrected chi connectivity index (χ2v) is 10.1. The zero-order valence-electron chi connectivity index (χ0n) is 17.9. The Balaban J connectivity index is 1.76. The van der Waals surface area contributed by atoms with Gasteiger partial charge in [0, 0.05) is 32.0 Å². The van der Waals surface area contributed by atoms with Crippen molar-refractivity contribution in [2.45, 2.75) is 44.1 Å². The number of benzene rings is 2. The molecule has 2 N–H and O–H groups in total. The standard InChI is InChI=1S/C23H31N3O3S/c1-26(2)21-13-7-18(8-14-21)17-24-22(27)23(15-5-4-6-16-23)19-9-11-20(12-10-19)25-30(3,28)29/h7-14,25H,4-6,15-17H2,1-3H3,(H,24,27). The maximum absolute atomic E-state index is 13.4. The Labute approximate surface area is 179 Å². The summed E-state index contributed by atoms with van der Waals surface area (Å²) in [6.07, 6.45) is 5.88. The first-order valence-electron chi connectivity index (χ1n) is 10.3. The van der Waals surface area contributed by atoms with Crippen LogP contribution in [0.3, 0.4) is 0 Å². The number of anilines is 2. The van der Waals surface area contributed by atoms with Gasteiger partial charge in [-0.05, 0) is 48.2 Å². The molecule has 2 aromatic rings. The minimum Gasteiger partial charge on any atom is -0.378 e. The number of amides is 1. The van der Waals surface area contributed by atoms with Crippen LogP contribution in [0.1, 0.15) is 43.2 Å². The van der Waals surface area contributed by atoms with Gasteiger partial charge in [0.2, 0.25) is 15.9 Å². The maximum Gasteiger partial charge on any atom is 0.230 e. The van der Waals surface area contributed by atoms with Crippen LogP contribution in [0, 0.1) is 0 Å². The summed E-state index contributed by atoms with van der Waals surface area (Å²) in [6, 6.07) is 15.4. The molecule has 1 saturated carbocycles. The molecule has 1 aliphatic rings. The van der Waals surface area contributed by atoms with E-state index in [1.807, 2.05) is 55.4 Å². The van der Waals surface area contributed by atoms with E-state index in [1.54, 1.807) is 12.1 Å². The average molecular weight is 430 g/mol. The normalized spacial score (nSPS) is 16.0. The molecule has 162 valence electrons. The molecular formula is C23H31N3O3S. The Morgan fingerprint density at radius 3 is 2.10 bits per heavy atom. The van der Waals surface area contributed by atoms with Crippen LogP contribution in [0.2, 0.25) is 0 Å². The number of sulfonamides is 1. The van der Waals surface area contributed by atoms with Crippen LogP contribution in [0.5, 0.6) is 0 Å². The number of nitrogens with zero attached hydrogens (tertiary/aromatic N) is 1. The molecule has 0 atom stereocenters. The van der Waals surface area contributed by atoms with Gasteiger partial charge in [-0.3, -0.25) is 9.52 Å². The summed E-state index contributed by atoms with van der Waals surface area (Å²) in [4.78, 5) is 15.4. The molecule has 0 aromatic heterocycles. The molecule has 1 fully saturated rings. The van der Waals surface area contributed by atoms with Gasteiger partial charge in [-0.25, -0.2) is 8.42 Å². The molecule has 1 aliphatic carbocycles. The highest BCUT2D eigenvalue weighted by atomic mass is 32.2. The third-order valence-electron chi connectivity index (χ3n) is 5.79. The fourth-order valence-corrected chi connectivity index (χ4v) is 4.70. The first-order valence-corrected chi connectivity index (χ1v) is 12.2. The van der Waals surface area contributed by atoms with Crippen molar-refractivity contribution in [1.82, 2.24) is 5.32 Å². The predicted molar refractivity (Wildman–Crippen MR) is 122 cm³/mol. The summed E-state index contributed by atoms with van der Waals surface area (Å²) in [5, 5.41) is 3.15. The summed E-state index contributed by atoms with van der Waals surface area (Å²) in [7, 11) is 0.674. The molecule has 7 heteroatoms. The van der Waals surface area contributed by atoms with Gasteiger partial charge >= 0.3 is 0 Å². The zero-order chi connectivity index (χ0) is 21.8. The number of carbonyl (C=O) groups excluding carboxylic acids is 1. The van der Waals surface area contributed by atoms with Crippen molar-refractivity contribution in [3.05, 3.63) is 59.7 Å². The quantitative estimate of drug-likeness (QED) is 0.704. The number of carbonyl (C=O) groups is 1. The molecule has 1 amide bonds. The molecule has 6 nitrogen and oxygen atoms in total. The van der Waals surface area contributed by atoms with Crippen molar-refractivity contribution in [2.24, 2.45) is 0 Å². The summed E-state index contributed by atoms with van der Waals surface area (Å²) < 4.78 is 25.4. The van der Waals surface area contributed by atoms with Gasteiger partial charge in [0.15, 0.2) is 0 Å². The fraction of sp³-hybridized carbons (Fsp3) is 0.435. The fourth-order valence-electron chi connectivity index (χ4n) is 4.14. The third-order valence-corrected chi connectivity index (χ3v) is 6.39. The van der Waals surface area contributed by atoms with Crippen LogP contribution < -0.4 is 14.9 Å². The van der Waals surface area contributed by atoms with E-state index >= 15 is 0 Å². The topological polar surface area (TPSA) is 78.5 Å². The van der Waals surface area contributed by atoms with Crippen molar-refractivity contribution in [1.29, 1.82) is 0 Å². The first-order chi connectivity index (χ1) is 14.2. The number of hydrogen-bond donors (Lipinski definition) is 2. The highest BCUT2D eigenvalue weighted by Gasteiger charge is 2.40. The summed E-state index contributed by atoms with van der Waals surface area (Å²) in [6.45, 7) is 0.488. The van der Waals surface area contributed by atoms with E-state index in [9.17, 15) is 13.2 Å². The minimum absolute atomic E-state index is 0.0442. The summed E-state index contributed by atoms with van der Waals surface area (Å²) in [5.41, 5.74) is 3.07. The van der Waals surface area contributed by atoms with Gasteiger partial charge in [0.25, 0.3) is 0 Å². The van der Waals surface area contributed by atoms with Crippen molar-refractivity contribution < 1.29 is 13.2 Å². The van der Waals surface area contributed by atoms with E-state index in [0.717, 1.165) is 55.2 Å². The molecule has 30 heavy (non-hydrogen) atoms. The molecule has 2 aromatic carbocycles. The van der Waals surface area contributed by atoms with Crippen molar-refractivity contribution >= 4 is 27.3 Å². The molecule has 0 aliphatic heterocycles. The molecule has 0 unspecified atom stereocenters. The van der Waals surface area contributed by atoms with Crippen LogP contribution >= 0.6 is 0 Å². The van der Waals surface area contributed by atoms with Crippen molar-refractivity contribution in [3.63, 3.8) is 0 Å². The molecule has 0 heterocycles. The van der Waals surface area contributed by atoms with Gasteiger partial charge in [-0.1, -0.05) is 43.5 Å². The Bertz CT molecular complexity index is 962. The molecule has 0 radical (unpaired) electrons. The van der Waals surface area contributed by atoms with Crippen LogP contribution in [0.25, 0.3) is 0 Å². The van der Waals surface area contributed by atoms with E-state index in [1.165, 1.54) is 0 Å². The molecule has 3 rings (SSSR count). The number of nitrogens with one attached hydrogen (secondary N) is 2. The Kier molecular flexibility index (Phi) is 6.71. The lowest BCUT2D eigenvalue weighted by Gasteiger charge is -2.36. The van der Waals surface area contributed by atoms with Gasteiger partial charge in [0.1, 0.15) is 0 Å². The minimum atomic E-state index is -3.33. The zero-order valence-corrected chi connectivity index (χ0v) is 18.8. The highest BCUT2D eigenvalue weighted by Crippen LogP contribution is 2.40. The number of hydrogen-bond acceptors (Lipinski definition) is 4. The lowest BCUT2D eigenvalue weighted by atomic mass is 9.68.